The van der Waals surface area contributed by atoms with Crippen LogP contribution in [0.4, 0.5) is 5.82 Å². The van der Waals surface area contributed by atoms with Gasteiger partial charge < -0.3 is 11.1 Å². The molecule has 0 aliphatic rings. The smallest absolute Gasteiger partial charge is 0.271 e. The summed E-state index contributed by atoms with van der Waals surface area (Å²) in [6, 6.07) is 0. The van der Waals surface area contributed by atoms with E-state index in [2.05, 4.69) is 15.3 Å². The molecular weight excluding hydrogens is 228 g/mol. The van der Waals surface area contributed by atoms with Crippen molar-refractivity contribution in [3.05, 3.63) is 18.1 Å². The maximum Gasteiger partial charge on any atom is 0.271 e. The summed E-state index contributed by atoms with van der Waals surface area (Å²) in [6.45, 7) is 2.20. The average molecular weight is 242 g/mol. The van der Waals surface area contributed by atoms with Crippen molar-refractivity contribution in [2.75, 3.05) is 23.8 Å². The Kier molecular flexibility index (Phi) is 4.84. The van der Waals surface area contributed by atoms with E-state index in [0.717, 1.165) is 0 Å². The molecule has 88 valence electrons. The summed E-state index contributed by atoms with van der Waals surface area (Å²) in [5.74, 6) is 0.978. The van der Waals surface area contributed by atoms with Gasteiger partial charge in [-0.2, -0.15) is 0 Å². The predicted octanol–water partition coefficient (Wildman–Crippen LogP) is -0.443. The summed E-state index contributed by atoms with van der Waals surface area (Å²) >= 11 is 0. The second-order valence-electron chi connectivity index (χ2n) is 3.02. The van der Waals surface area contributed by atoms with Gasteiger partial charge >= 0.3 is 0 Å². The molecule has 0 aliphatic carbocycles. The standard InChI is InChI=1S/C9H14N4O2S/c1-2-16(15)4-3-11-9(14)7-5-13-8(10)6-12-7/h5-6H,2-4H2,1H3,(H2,10,13)(H,11,14). The molecule has 0 fully saturated rings. The van der Waals surface area contributed by atoms with Gasteiger partial charge in [-0.1, -0.05) is 6.92 Å². The highest BCUT2D eigenvalue weighted by Crippen LogP contribution is 1.95. The molecule has 0 aromatic carbocycles. The molecule has 1 atom stereocenters. The number of rotatable bonds is 5. The van der Waals surface area contributed by atoms with Crippen molar-refractivity contribution in [3.8, 4) is 0 Å². The van der Waals surface area contributed by atoms with Crippen LogP contribution in [0.1, 0.15) is 17.4 Å². The zero-order valence-electron chi connectivity index (χ0n) is 8.97. The van der Waals surface area contributed by atoms with Gasteiger partial charge in [0.05, 0.1) is 12.4 Å². The van der Waals surface area contributed by atoms with E-state index in [4.69, 9.17) is 5.73 Å². The summed E-state index contributed by atoms with van der Waals surface area (Å²) in [5, 5.41) is 2.61. The minimum Gasteiger partial charge on any atom is -0.382 e. The molecule has 0 saturated carbocycles. The molecule has 1 amide bonds. The molecule has 1 aromatic rings. The van der Waals surface area contributed by atoms with Crippen LogP contribution in [-0.2, 0) is 10.8 Å². The van der Waals surface area contributed by atoms with E-state index in [1.165, 1.54) is 12.4 Å². The lowest BCUT2D eigenvalue weighted by atomic mass is 10.4. The number of nitrogen functional groups attached to an aromatic ring is 1. The Bertz CT molecular complexity index is 380. The van der Waals surface area contributed by atoms with Crippen molar-refractivity contribution in [2.45, 2.75) is 6.92 Å². The number of anilines is 1. The quantitative estimate of drug-likeness (QED) is 0.729. The Balaban J connectivity index is 2.41. The van der Waals surface area contributed by atoms with Gasteiger partial charge in [-0.05, 0) is 0 Å². The third-order valence-electron chi connectivity index (χ3n) is 1.84. The van der Waals surface area contributed by atoms with Crippen molar-refractivity contribution in [2.24, 2.45) is 0 Å². The first kappa shape index (κ1) is 12.6. The third kappa shape index (κ3) is 3.93. The van der Waals surface area contributed by atoms with Crippen LogP contribution in [0.5, 0.6) is 0 Å². The number of amides is 1. The Labute approximate surface area is 96.1 Å². The van der Waals surface area contributed by atoms with Crippen molar-refractivity contribution in [1.82, 2.24) is 15.3 Å². The molecule has 1 heterocycles. The van der Waals surface area contributed by atoms with Crippen LogP contribution in [0, 0.1) is 0 Å². The molecule has 7 heteroatoms. The van der Waals surface area contributed by atoms with Crippen LogP contribution >= 0.6 is 0 Å². The van der Waals surface area contributed by atoms with Crippen LogP contribution in [-0.4, -0.2) is 38.1 Å². The third-order valence-corrected chi connectivity index (χ3v) is 3.15. The Morgan fingerprint density at radius 3 is 2.81 bits per heavy atom. The SMILES string of the molecule is CCS(=O)CCNC(=O)c1cnc(N)cn1. The number of hydrogen-bond acceptors (Lipinski definition) is 5. The zero-order chi connectivity index (χ0) is 12.0. The van der Waals surface area contributed by atoms with Gasteiger partial charge in [-0.25, -0.2) is 9.97 Å². The number of nitrogens with zero attached hydrogens (tertiary/aromatic N) is 2. The maximum atomic E-state index is 11.5. The molecular formula is C9H14N4O2S. The lowest BCUT2D eigenvalue weighted by Crippen LogP contribution is -2.28. The Morgan fingerprint density at radius 1 is 1.50 bits per heavy atom. The first-order valence-electron chi connectivity index (χ1n) is 4.84. The van der Waals surface area contributed by atoms with Gasteiger partial charge in [0.2, 0.25) is 0 Å². The van der Waals surface area contributed by atoms with Gasteiger partial charge in [0.1, 0.15) is 11.5 Å². The molecule has 1 aromatic heterocycles. The van der Waals surface area contributed by atoms with Crippen molar-refractivity contribution >= 4 is 22.5 Å². The van der Waals surface area contributed by atoms with Gasteiger partial charge in [0, 0.05) is 28.9 Å². The highest BCUT2D eigenvalue weighted by atomic mass is 32.2. The molecule has 16 heavy (non-hydrogen) atoms. The second-order valence-corrected chi connectivity index (χ2v) is 4.88. The Hall–Kier alpha value is -1.50. The van der Waals surface area contributed by atoms with E-state index in [1.54, 1.807) is 0 Å². The monoisotopic (exact) mass is 242 g/mol. The van der Waals surface area contributed by atoms with E-state index in [9.17, 15) is 9.00 Å². The van der Waals surface area contributed by atoms with Gasteiger partial charge in [0.25, 0.3) is 5.91 Å². The first-order valence-corrected chi connectivity index (χ1v) is 6.33. The number of nitrogens with two attached hydrogens (primary N) is 1. The average Bonchev–Trinajstić information content (AvgIpc) is 2.29. The second kappa shape index (κ2) is 6.16. The summed E-state index contributed by atoms with van der Waals surface area (Å²) in [7, 11) is -0.874. The van der Waals surface area contributed by atoms with Gasteiger partial charge in [-0.15, -0.1) is 0 Å². The van der Waals surface area contributed by atoms with E-state index in [-0.39, 0.29) is 17.4 Å². The van der Waals surface area contributed by atoms with Gasteiger partial charge in [-0.3, -0.25) is 9.00 Å². The summed E-state index contributed by atoms with van der Waals surface area (Å²) in [5.41, 5.74) is 5.54. The van der Waals surface area contributed by atoms with Crippen LogP contribution in [0.15, 0.2) is 12.4 Å². The largest absolute Gasteiger partial charge is 0.382 e. The van der Waals surface area contributed by atoms with E-state index >= 15 is 0 Å². The summed E-state index contributed by atoms with van der Waals surface area (Å²) in [6.07, 6.45) is 2.63. The molecule has 0 bridgehead atoms. The topological polar surface area (TPSA) is 98.0 Å². The summed E-state index contributed by atoms with van der Waals surface area (Å²) in [4.78, 5) is 19.0. The number of carbonyl (C=O) groups excluding carboxylic acids is 1. The van der Waals surface area contributed by atoms with Crippen molar-refractivity contribution in [3.63, 3.8) is 0 Å². The molecule has 6 nitrogen and oxygen atoms in total. The molecule has 3 N–H and O–H groups in total. The Morgan fingerprint density at radius 2 is 2.25 bits per heavy atom. The number of carbonyl (C=O) groups is 1. The fourth-order valence-corrected chi connectivity index (χ4v) is 1.59. The first-order chi connectivity index (χ1) is 7.63. The fourth-order valence-electron chi connectivity index (χ4n) is 0.969. The highest BCUT2D eigenvalue weighted by molar-refractivity contribution is 7.84. The van der Waals surface area contributed by atoms with Crippen LogP contribution < -0.4 is 11.1 Å². The lowest BCUT2D eigenvalue weighted by molar-refractivity contribution is 0.0951. The molecule has 0 radical (unpaired) electrons. The lowest BCUT2D eigenvalue weighted by Gasteiger charge is -2.03. The molecule has 0 saturated heterocycles. The molecule has 1 unspecified atom stereocenters. The molecule has 0 spiro atoms. The number of hydrogen-bond donors (Lipinski definition) is 2. The normalized spacial score (nSPS) is 12.1. The number of aromatic nitrogens is 2. The van der Waals surface area contributed by atoms with Crippen molar-refractivity contribution in [1.29, 1.82) is 0 Å². The van der Waals surface area contributed by atoms with Crippen LogP contribution in [0.25, 0.3) is 0 Å². The van der Waals surface area contributed by atoms with Gasteiger partial charge in [0.15, 0.2) is 0 Å². The predicted molar refractivity (Wildman–Crippen MR) is 62.3 cm³/mol. The van der Waals surface area contributed by atoms with Crippen molar-refractivity contribution < 1.29 is 9.00 Å². The molecule has 1 rings (SSSR count). The van der Waals surface area contributed by atoms with Crippen LogP contribution in [0.3, 0.4) is 0 Å². The summed E-state index contributed by atoms with van der Waals surface area (Å²) < 4.78 is 11.1. The fraction of sp³-hybridized carbons (Fsp3) is 0.444. The van der Waals surface area contributed by atoms with Crippen LogP contribution in [0.2, 0.25) is 0 Å². The number of nitrogens with one attached hydrogen (secondary N) is 1. The zero-order valence-corrected chi connectivity index (χ0v) is 9.79. The van der Waals surface area contributed by atoms with E-state index in [0.29, 0.717) is 18.1 Å². The maximum absolute atomic E-state index is 11.5. The van der Waals surface area contributed by atoms with E-state index < -0.39 is 10.8 Å². The van der Waals surface area contributed by atoms with E-state index in [1.807, 2.05) is 6.92 Å². The molecule has 0 aliphatic heterocycles. The highest BCUT2D eigenvalue weighted by Gasteiger charge is 2.07. The minimum absolute atomic E-state index is 0.205. The minimum atomic E-state index is -0.874.